The van der Waals surface area contributed by atoms with Crippen LogP contribution in [0.3, 0.4) is 0 Å². The number of likely N-dealkylation sites (tertiary alicyclic amines) is 1. The third-order valence-electron chi connectivity index (χ3n) is 4.13. The first kappa shape index (κ1) is 16.2. The second-order valence-electron chi connectivity index (χ2n) is 6.53. The van der Waals surface area contributed by atoms with Crippen molar-refractivity contribution < 1.29 is 9.53 Å². The Kier molecular flexibility index (Phi) is 5.54. The number of hydrogen-bond donors (Lipinski definition) is 0. The van der Waals surface area contributed by atoms with Crippen molar-refractivity contribution in [2.24, 2.45) is 5.41 Å². The number of benzene rings is 1. The maximum absolute atomic E-state index is 12.7. The molecule has 1 atom stereocenters. The number of rotatable bonds is 6. The molecule has 1 aliphatic heterocycles. The summed E-state index contributed by atoms with van der Waals surface area (Å²) in [5.74, 6) is 0.224. The molecule has 1 aromatic rings. The molecule has 0 aromatic heterocycles. The molecule has 116 valence electrons. The molecule has 3 nitrogen and oxygen atoms in total. The standard InChI is InChI=1S/C18H27NO2/c1-4-21-16-11-8-12-19(13-16)14-18(2,3)17(20)15-9-6-5-7-10-15/h5-7,9-10,16H,4,8,11-14H2,1-3H3. The van der Waals surface area contributed by atoms with Crippen molar-refractivity contribution in [3.8, 4) is 0 Å². The monoisotopic (exact) mass is 289 g/mol. The Bertz CT molecular complexity index is 454. The van der Waals surface area contributed by atoms with Crippen molar-refractivity contribution in [1.82, 2.24) is 4.90 Å². The van der Waals surface area contributed by atoms with E-state index in [0.717, 1.165) is 44.6 Å². The number of ketones is 1. The average molecular weight is 289 g/mol. The molecular formula is C18H27NO2. The number of carbonyl (C=O) groups is 1. The minimum Gasteiger partial charge on any atom is -0.377 e. The van der Waals surface area contributed by atoms with Crippen LogP contribution in [0.1, 0.15) is 44.0 Å². The molecule has 1 fully saturated rings. The summed E-state index contributed by atoms with van der Waals surface area (Å²) in [6, 6.07) is 9.61. The van der Waals surface area contributed by atoms with E-state index in [-0.39, 0.29) is 11.2 Å². The molecule has 1 saturated heterocycles. The number of carbonyl (C=O) groups excluding carboxylic acids is 1. The zero-order chi connectivity index (χ0) is 15.3. The Hall–Kier alpha value is -1.19. The van der Waals surface area contributed by atoms with Gasteiger partial charge in [0, 0.05) is 30.7 Å². The van der Waals surface area contributed by atoms with Crippen LogP contribution in [-0.4, -0.2) is 43.0 Å². The predicted molar refractivity (Wildman–Crippen MR) is 85.6 cm³/mol. The third kappa shape index (κ3) is 4.39. The molecule has 1 aromatic carbocycles. The van der Waals surface area contributed by atoms with Crippen molar-refractivity contribution in [2.75, 3.05) is 26.2 Å². The van der Waals surface area contributed by atoms with Gasteiger partial charge < -0.3 is 4.74 Å². The highest BCUT2D eigenvalue weighted by atomic mass is 16.5. The number of Topliss-reactive ketones (excluding diaryl/α,β-unsaturated/α-hetero) is 1. The van der Waals surface area contributed by atoms with Gasteiger partial charge in [0.15, 0.2) is 5.78 Å². The SMILES string of the molecule is CCOC1CCCN(CC(C)(C)C(=O)c2ccccc2)C1. The number of hydrogen-bond acceptors (Lipinski definition) is 3. The molecular weight excluding hydrogens is 262 g/mol. The van der Waals surface area contributed by atoms with E-state index in [9.17, 15) is 4.79 Å². The lowest BCUT2D eigenvalue weighted by Gasteiger charge is -2.37. The van der Waals surface area contributed by atoms with Crippen molar-refractivity contribution >= 4 is 5.78 Å². The maximum Gasteiger partial charge on any atom is 0.169 e. The summed E-state index contributed by atoms with van der Waals surface area (Å²) in [5, 5.41) is 0. The molecule has 0 bridgehead atoms. The highest BCUT2D eigenvalue weighted by Crippen LogP contribution is 2.25. The van der Waals surface area contributed by atoms with Crippen molar-refractivity contribution in [2.45, 2.75) is 39.7 Å². The van der Waals surface area contributed by atoms with E-state index in [0.29, 0.717) is 6.10 Å². The Morgan fingerprint density at radius 1 is 1.33 bits per heavy atom. The van der Waals surface area contributed by atoms with E-state index < -0.39 is 0 Å². The zero-order valence-electron chi connectivity index (χ0n) is 13.5. The minimum atomic E-state index is -0.366. The summed E-state index contributed by atoms with van der Waals surface area (Å²) in [6.07, 6.45) is 2.61. The maximum atomic E-state index is 12.7. The van der Waals surface area contributed by atoms with E-state index in [1.54, 1.807) is 0 Å². The Morgan fingerprint density at radius 3 is 2.71 bits per heavy atom. The van der Waals surface area contributed by atoms with Gasteiger partial charge in [-0.2, -0.15) is 0 Å². The molecule has 1 heterocycles. The van der Waals surface area contributed by atoms with Gasteiger partial charge in [0.25, 0.3) is 0 Å². The van der Waals surface area contributed by atoms with Crippen LogP contribution in [0.2, 0.25) is 0 Å². The molecule has 0 N–H and O–H groups in total. The molecule has 0 amide bonds. The molecule has 3 heteroatoms. The quantitative estimate of drug-likeness (QED) is 0.752. The van der Waals surface area contributed by atoms with Crippen molar-refractivity contribution in [3.63, 3.8) is 0 Å². The van der Waals surface area contributed by atoms with Crippen LogP contribution in [-0.2, 0) is 4.74 Å². The summed E-state index contributed by atoms with van der Waals surface area (Å²) in [4.78, 5) is 15.1. The van der Waals surface area contributed by atoms with E-state index in [4.69, 9.17) is 4.74 Å². The van der Waals surface area contributed by atoms with Crippen LogP contribution in [0.15, 0.2) is 30.3 Å². The third-order valence-corrected chi connectivity index (χ3v) is 4.13. The summed E-state index contributed by atoms with van der Waals surface area (Å²) in [5.41, 5.74) is 0.441. The number of piperidine rings is 1. The highest BCUT2D eigenvalue weighted by molar-refractivity contribution is 6.00. The first-order chi connectivity index (χ1) is 10.0. The smallest absolute Gasteiger partial charge is 0.169 e. The fourth-order valence-electron chi connectivity index (χ4n) is 3.14. The van der Waals surface area contributed by atoms with E-state index in [2.05, 4.69) is 4.90 Å². The van der Waals surface area contributed by atoms with Crippen molar-refractivity contribution in [3.05, 3.63) is 35.9 Å². The van der Waals surface area contributed by atoms with E-state index in [1.807, 2.05) is 51.1 Å². The van der Waals surface area contributed by atoms with Gasteiger partial charge in [-0.1, -0.05) is 44.2 Å². The second kappa shape index (κ2) is 7.19. The normalized spacial score (nSPS) is 20.4. The molecule has 0 radical (unpaired) electrons. The lowest BCUT2D eigenvalue weighted by atomic mass is 9.83. The largest absolute Gasteiger partial charge is 0.377 e. The molecule has 2 rings (SSSR count). The van der Waals surface area contributed by atoms with Gasteiger partial charge in [0.2, 0.25) is 0 Å². The van der Waals surface area contributed by atoms with Gasteiger partial charge in [0.1, 0.15) is 0 Å². The first-order valence-corrected chi connectivity index (χ1v) is 7.97. The van der Waals surface area contributed by atoms with Gasteiger partial charge in [-0.3, -0.25) is 9.69 Å². The summed E-state index contributed by atoms with van der Waals surface area (Å²) in [7, 11) is 0. The van der Waals surface area contributed by atoms with E-state index in [1.165, 1.54) is 0 Å². The lowest BCUT2D eigenvalue weighted by Crippen LogP contribution is -2.46. The molecule has 1 aliphatic rings. The summed E-state index contributed by atoms with van der Waals surface area (Å²) >= 11 is 0. The van der Waals surface area contributed by atoms with Gasteiger partial charge >= 0.3 is 0 Å². The van der Waals surface area contributed by atoms with Crippen LogP contribution in [0.5, 0.6) is 0 Å². The molecule has 0 spiro atoms. The topological polar surface area (TPSA) is 29.5 Å². The van der Waals surface area contributed by atoms with Crippen molar-refractivity contribution in [1.29, 1.82) is 0 Å². The highest BCUT2D eigenvalue weighted by Gasteiger charge is 2.32. The first-order valence-electron chi connectivity index (χ1n) is 7.97. The predicted octanol–water partition coefficient (Wildman–Crippen LogP) is 3.40. The van der Waals surface area contributed by atoms with Crippen LogP contribution in [0, 0.1) is 5.41 Å². The number of ether oxygens (including phenoxy) is 1. The van der Waals surface area contributed by atoms with Crippen LogP contribution < -0.4 is 0 Å². The van der Waals surface area contributed by atoms with E-state index >= 15 is 0 Å². The fraction of sp³-hybridized carbons (Fsp3) is 0.611. The molecule has 1 unspecified atom stereocenters. The Morgan fingerprint density at radius 2 is 2.05 bits per heavy atom. The van der Waals surface area contributed by atoms with Gasteiger partial charge in [-0.25, -0.2) is 0 Å². The fourth-order valence-corrected chi connectivity index (χ4v) is 3.14. The van der Waals surface area contributed by atoms with Gasteiger partial charge in [-0.15, -0.1) is 0 Å². The van der Waals surface area contributed by atoms with Crippen LogP contribution in [0.4, 0.5) is 0 Å². The minimum absolute atomic E-state index is 0.224. The zero-order valence-corrected chi connectivity index (χ0v) is 13.5. The van der Waals surface area contributed by atoms with Crippen LogP contribution >= 0.6 is 0 Å². The lowest BCUT2D eigenvalue weighted by molar-refractivity contribution is -0.00258. The van der Waals surface area contributed by atoms with Gasteiger partial charge in [0.05, 0.1) is 6.10 Å². The summed E-state index contributed by atoms with van der Waals surface area (Å²) in [6.45, 7) is 9.71. The molecule has 21 heavy (non-hydrogen) atoms. The summed E-state index contributed by atoms with van der Waals surface area (Å²) < 4.78 is 5.75. The second-order valence-corrected chi connectivity index (χ2v) is 6.53. The Labute approximate surface area is 128 Å². The Balaban J connectivity index is 1.98. The van der Waals surface area contributed by atoms with Crippen LogP contribution in [0.25, 0.3) is 0 Å². The molecule has 0 aliphatic carbocycles. The molecule has 0 saturated carbocycles. The number of nitrogens with zero attached hydrogens (tertiary/aromatic N) is 1. The van der Waals surface area contributed by atoms with Gasteiger partial charge in [-0.05, 0) is 26.3 Å². The average Bonchev–Trinajstić information content (AvgIpc) is 2.47.